The van der Waals surface area contributed by atoms with E-state index in [-0.39, 0.29) is 5.82 Å². The van der Waals surface area contributed by atoms with Gasteiger partial charge in [-0.1, -0.05) is 188 Å². The monoisotopic (exact) mass is 693 g/mol. The molecule has 1 nitrogen and oxygen atoms in total. The highest BCUT2D eigenvalue weighted by atomic mass is 19.1. The maximum absolute atomic E-state index is 15.5. The molecule has 0 unspecified atom stereocenters. The number of benzene rings is 9. The van der Waals surface area contributed by atoms with Crippen LogP contribution in [-0.4, -0.2) is 0 Å². The van der Waals surface area contributed by atoms with Crippen LogP contribution >= 0.6 is 0 Å². The van der Waals surface area contributed by atoms with Crippen LogP contribution in [0.5, 0.6) is 0 Å². The molecule has 0 aliphatic heterocycles. The smallest absolute Gasteiger partial charge is 0.131 e. The molecule has 0 atom stereocenters. The summed E-state index contributed by atoms with van der Waals surface area (Å²) in [5, 5.41) is 2.06. The number of para-hydroxylation sites is 1. The first-order valence-corrected chi connectivity index (χ1v) is 18.3. The lowest BCUT2D eigenvalue weighted by Gasteiger charge is -2.31. The molecule has 0 spiro atoms. The van der Waals surface area contributed by atoms with Gasteiger partial charge < -0.3 is 4.90 Å². The molecule has 9 rings (SSSR count). The largest absolute Gasteiger partial charge is 0.309 e. The third-order valence-corrected chi connectivity index (χ3v) is 10.1. The molecule has 0 fully saturated rings. The van der Waals surface area contributed by atoms with E-state index in [1.54, 1.807) is 6.07 Å². The van der Waals surface area contributed by atoms with Gasteiger partial charge in [-0.15, -0.1) is 0 Å². The number of nitrogens with zero attached hydrogens (tertiary/aromatic N) is 1. The molecule has 0 saturated heterocycles. The molecule has 0 bridgehead atoms. The third kappa shape index (κ3) is 6.25. The molecular formula is C52H36FN. The molecule has 0 N–H and O–H groups in total. The fraction of sp³-hybridized carbons (Fsp3) is 0. The highest BCUT2D eigenvalue weighted by Crippen LogP contribution is 2.48. The minimum Gasteiger partial charge on any atom is -0.309 e. The molecule has 9 aromatic carbocycles. The Morgan fingerprint density at radius 1 is 0.296 bits per heavy atom. The van der Waals surface area contributed by atoms with Gasteiger partial charge in [0.25, 0.3) is 0 Å². The average Bonchev–Trinajstić information content (AvgIpc) is 3.25. The number of anilines is 3. The molecule has 0 saturated carbocycles. The highest BCUT2D eigenvalue weighted by Gasteiger charge is 2.23. The summed E-state index contributed by atoms with van der Waals surface area (Å²) in [6, 6.07) is 75.5. The fourth-order valence-electron chi connectivity index (χ4n) is 7.62. The van der Waals surface area contributed by atoms with Gasteiger partial charge in [-0.2, -0.15) is 0 Å². The molecule has 0 radical (unpaired) electrons. The Hall–Kier alpha value is -7.03. The predicted octanol–water partition coefficient (Wildman–Crippen LogP) is 14.8. The maximum Gasteiger partial charge on any atom is 0.131 e. The quantitative estimate of drug-likeness (QED) is 0.153. The average molecular weight is 694 g/mol. The number of rotatable bonds is 8. The van der Waals surface area contributed by atoms with Gasteiger partial charge in [-0.05, 0) is 80.0 Å². The Bertz CT molecular complexity index is 2710. The van der Waals surface area contributed by atoms with Gasteiger partial charge in [0.15, 0.2) is 0 Å². The van der Waals surface area contributed by atoms with E-state index < -0.39 is 0 Å². The van der Waals surface area contributed by atoms with Crippen LogP contribution in [0.15, 0.2) is 218 Å². The van der Waals surface area contributed by atoms with Crippen molar-refractivity contribution in [1.82, 2.24) is 0 Å². The first kappa shape index (κ1) is 32.8. The summed E-state index contributed by atoms with van der Waals surface area (Å²) in [6.07, 6.45) is 0. The SMILES string of the molecule is Fc1ccccc1-c1cccc2cccc(-c3ccccc3N(c3cccc(-c4ccccc4)c3)c3cc(-c4ccccc4)ccc3-c3ccccc3)c12. The van der Waals surface area contributed by atoms with Crippen LogP contribution in [0.2, 0.25) is 0 Å². The molecule has 2 heteroatoms. The van der Waals surface area contributed by atoms with Gasteiger partial charge in [0, 0.05) is 22.4 Å². The van der Waals surface area contributed by atoms with Crippen LogP contribution in [0.25, 0.3) is 66.4 Å². The zero-order chi connectivity index (χ0) is 36.3. The Kier molecular flexibility index (Phi) is 8.84. The zero-order valence-electron chi connectivity index (χ0n) is 29.6. The molecule has 0 aliphatic rings. The second-order valence-corrected chi connectivity index (χ2v) is 13.4. The first-order chi connectivity index (χ1) is 26.7. The van der Waals surface area contributed by atoms with E-state index in [4.69, 9.17) is 0 Å². The summed E-state index contributed by atoms with van der Waals surface area (Å²) >= 11 is 0. The van der Waals surface area contributed by atoms with Crippen molar-refractivity contribution in [1.29, 1.82) is 0 Å². The summed E-state index contributed by atoms with van der Waals surface area (Å²) in [5.41, 5.74) is 13.4. The lowest BCUT2D eigenvalue weighted by Crippen LogP contribution is -2.13. The van der Waals surface area contributed by atoms with E-state index in [1.807, 2.05) is 24.3 Å². The molecule has 54 heavy (non-hydrogen) atoms. The van der Waals surface area contributed by atoms with E-state index in [1.165, 1.54) is 6.07 Å². The van der Waals surface area contributed by atoms with Crippen LogP contribution in [-0.2, 0) is 0 Å². The van der Waals surface area contributed by atoms with Gasteiger partial charge in [-0.25, -0.2) is 4.39 Å². The topological polar surface area (TPSA) is 3.24 Å². The van der Waals surface area contributed by atoms with Gasteiger partial charge in [0.05, 0.1) is 11.4 Å². The Morgan fingerprint density at radius 2 is 0.796 bits per heavy atom. The Balaban J connectivity index is 1.35. The molecule has 256 valence electrons. The second-order valence-electron chi connectivity index (χ2n) is 13.4. The normalized spacial score (nSPS) is 11.1. The van der Waals surface area contributed by atoms with Gasteiger partial charge in [-0.3, -0.25) is 0 Å². The summed E-state index contributed by atoms with van der Waals surface area (Å²) in [6.45, 7) is 0. The van der Waals surface area contributed by atoms with E-state index in [0.29, 0.717) is 5.56 Å². The van der Waals surface area contributed by atoms with Crippen molar-refractivity contribution in [3.8, 4) is 55.6 Å². The van der Waals surface area contributed by atoms with Crippen molar-refractivity contribution in [3.63, 3.8) is 0 Å². The Morgan fingerprint density at radius 3 is 1.46 bits per heavy atom. The molecule has 0 amide bonds. The van der Waals surface area contributed by atoms with Crippen LogP contribution < -0.4 is 4.90 Å². The third-order valence-electron chi connectivity index (χ3n) is 10.1. The van der Waals surface area contributed by atoms with Crippen LogP contribution in [0.4, 0.5) is 21.5 Å². The van der Waals surface area contributed by atoms with Crippen molar-refractivity contribution in [2.45, 2.75) is 0 Å². The maximum atomic E-state index is 15.5. The standard InChI is InChI=1S/C52H36FN/c53-49-31-12-10-27-45(49)47-29-15-23-40-24-16-30-48(52(40)47)46-28-11-13-32-50(46)54(43-26-14-25-41(35-43)37-17-4-1-5-18-37)51-36-42(38-19-6-2-7-20-38)33-34-44(51)39-21-8-3-9-22-39/h1-36H. The summed E-state index contributed by atoms with van der Waals surface area (Å²) in [7, 11) is 0. The predicted molar refractivity (Wildman–Crippen MR) is 226 cm³/mol. The van der Waals surface area contributed by atoms with Crippen molar-refractivity contribution in [3.05, 3.63) is 224 Å². The van der Waals surface area contributed by atoms with Crippen molar-refractivity contribution in [2.75, 3.05) is 4.90 Å². The molecule has 0 aliphatic carbocycles. The second kappa shape index (κ2) is 14.5. The van der Waals surface area contributed by atoms with Crippen LogP contribution in [0.3, 0.4) is 0 Å². The number of halogens is 1. The number of hydrogen-bond acceptors (Lipinski definition) is 1. The van der Waals surface area contributed by atoms with Crippen molar-refractivity contribution in [2.24, 2.45) is 0 Å². The number of hydrogen-bond donors (Lipinski definition) is 0. The molecule has 0 heterocycles. The van der Waals surface area contributed by atoms with Gasteiger partial charge >= 0.3 is 0 Å². The number of fused-ring (bicyclic) bond motifs is 1. The minimum absolute atomic E-state index is 0.238. The molecule has 0 aromatic heterocycles. The minimum atomic E-state index is -0.238. The van der Waals surface area contributed by atoms with Gasteiger partial charge in [0.2, 0.25) is 0 Å². The van der Waals surface area contributed by atoms with Crippen molar-refractivity contribution < 1.29 is 4.39 Å². The summed E-state index contributed by atoms with van der Waals surface area (Å²) in [5.74, 6) is -0.238. The summed E-state index contributed by atoms with van der Waals surface area (Å²) < 4.78 is 15.5. The van der Waals surface area contributed by atoms with E-state index in [0.717, 1.165) is 77.9 Å². The lowest BCUT2D eigenvalue weighted by molar-refractivity contribution is 0.631. The zero-order valence-corrected chi connectivity index (χ0v) is 29.6. The first-order valence-electron chi connectivity index (χ1n) is 18.3. The van der Waals surface area contributed by atoms with E-state index in [2.05, 4.69) is 187 Å². The molecule has 9 aromatic rings. The highest BCUT2D eigenvalue weighted by molar-refractivity contribution is 6.09. The Labute approximate surface area is 315 Å². The van der Waals surface area contributed by atoms with E-state index >= 15 is 4.39 Å². The van der Waals surface area contributed by atoms with E-state index in [9.17, 15) is 0 Å². The van der Waals surface area contributed by atoms with Gasteiger partial charge in [0.1, 0.15) is 5.82 Å². The lowest BCUT2D eigenvalue weighted by atomic mass is 9.90. The fourth-order valence-corrected chi connectivity index (χ4v) is 7.62. The van der Waals surface area contributed by atoms with Crippen LogP contribution in [0, 0.1) is 5.82 Å². The van der Waals surface area contributed by atoms with Crippen LogP contribution in [0.1, 0.15) is 0 Å². The molecular weight excluding hydrogens is 658 g/mol. The summed E-state index contributed by atoms with van der Waals surface area (Å²) in [4.78, 5) is 2.40. The van der Waals surface area contributed by atoms with Crippen molar-refractivity contribution >= 4 is 27.8 Å².